The summed E-state index contributed by atoms with van der Waals surface area (Å²) in [6.45, 7) is 1.76. The number of amides is 1. The smallest absolute Gasteiger partial charge is 0.339 e. The molecule has 0 aliphatic carbocycles. The first-order valence-electron chi connectivity index (χ1n) is 7.91. The van der Waals surface area contributed by atoms with Crippen molar-refractivity contribution in [1.29, 1.82) is 0 Å². The number of hydrogen-bond acceptors (Lipinski definition) is 7. The summed E-state index contributed by atoms with van der Waals surface area (Å²) in [7, 11) is 0. The Hall–Kier alpha value is -3.42. The van der Waals surface area contributed by atoms with Crippen molar-refractivity contribution in [2.24, 2.45) is 0 Å². The Balaban J connectivity index is 1.38. The fraction of sp³-hybridized carbons (Fsp3) is 0.222. The molecule has 1 N–H and O–H groups in total. The lowest BCUT2D eigenvalue weighted by molar-refractivity contribution is -0.123. The highest BCUT2D eigenvalue weighted by atomic mass is 16.7. The molecule has 2 aromatic rings. The monoisotopic (exact) mass is 357 g/mol. The van der Waals surface area contributed by atoms with Crippen molar-refractivity contribution in [3.63, 3.8) is 0 Å². The fourth-order valence-electron chi connectivity index (χ4n) is 2.52. The van der Waals surface area contributed by atoms with Gasteiger partial charge in [-0.2, -0.15) is 0 Å². The van der Waals surface area contributed by atoms with Crippen LogP contribution in [0.5, 0.6) is 23.0 Å². The van der Waals surface area contributed by atoms with Crippen LogP contribution in [0, 0.1) is 0 Å². The van der Waals surface area contributed by atoms with Crippen molar-refractivity contribution in [3.05, 3.63) is 42.0 Å². The molecular weight excluding hydrogens is 342 g/mol. The summed E-state index contributed by atoms with van der Waals surface area (Å²) in [5.41, 5.74) is 0.794. The second-order valence-electron chi connectivity index (χ2n) is 5.67. The average Bonchev–Trinajstić information content (AvgIpc) is 3.29. The zero-order valence-electron chi connectivity index (χ0n) is 13.8. The molecule has 1 amide bonds. The van der Waals surface area contributed by atoms with E-state index in [1.54, 1.807) is 30.3 Å². The predicted octanol–water partition coefficient (Wildman–Crippen LogP) is 2.33. The van der Waals surface area contributed by atoms with E-state index in [0.29, 0.717) is 28.7 Å². The van der Waals surface area contributed by atoms with Gasteiger partial charge < -0.3 is 29.0 Å². The van der Waals surface area contributed by atoms with E-state index in [1.165, 1.54) is 13.0 Å². The van der Waals surface area contributed by atoms with Gasteiger partial charge in [-0.05, 0) is 37.3 Å². The number of nitrogens with one attached hydrogen (secondary N) is 1. The average molecular weight is 357 g/mol. The van der Waals surface area contributed by atoms with E-state index in [-0.39, 0.29) is 19.1 Å². The molecule has 2 aliphatic rings. The van der Waals surface area contributed by atoms with Gasteiger partial charge in [-0.3, -0.25) is 4.79 Å². The van der Waals surface area contributed by atoms with E-state index in [4.69, 9.17) is 23.7 Å². The normalized spacial score (nSPS) is 14.7. The fourth-order valence-corrected chi connectivity index (χ4v) is 2.52. The molecule has 0 saturated carbocycles. The van der Waals surface area contributed by atoms with Gasteiger partial charge in [-0.15, -0.1) is 0 Å². The Morgan fingerprint density at radius 1 is 0.923 bits per heavy atom. The molecule has 134 valence electrons. The summed E-state index contributed by atoms with van der Waals surface area (Å²) in [5.74, 6) is 1.11. The van der Waals surface area contributed by atoms with Crippen LogP contribution in [0.2, 0.25) is 0 Å². The first-order chi connectivity index (χ1) is 12.6. The number of carbonyl (C=O) groups is 2. The van der Waals surface area contributed by atoms with E-state index in [0.717, 1.165) is 0 Å². The molecule has 2 heterocycles. The first-order valence-corrected chi connectivity index (χ1v) is 7.91. The Bertz CT molecular complexity index is 880. The van der Waals surface area contributed by atoms with Gasteiger partial charge in [0.05, 0.1) is 5.56 Å². The van der Waals surface area contributed by atoms with Crippen LogP contribution < -0.4 is 24.3 Å². The first kappa shape index (κ1) is 16.1. The van der Waals surface area contributed by atoms with Gasteiger partial charge in [0, 0.05) is 11.8 Å². The minimum atomic E-state index is -0.988. The summed E-state index contributed by atoms with van der Waals surface area (Å²) in [6, 6.07) is 9.72. The second kappa shape index (κ2) is 6.47. The molecule has 2 aromatic carbocycles. The Morgan fingerprint density at radius 2 is 1.54 bits per heavy atom. The minimum absolute atomic E-state index is 0.113. The van der Waals surface area contributed by atoms with Crippen molar-refractivity contribution in [2.75, 3.05) is 18.9 Å². The van der Waals surface area contributed by atoms with Crippen LogP contribution in [-0.4, -0.2) is 31.6 Å². The van der Waals surface area contributed by atoms with Gasteiger partial charge in [0.1, 0.15) is 0 Å². The quantitative estimate of drug-likeness (QED) is 0.840. The van der Waals surface area contributed by atoms with Crippen molar-refractivity contribution in [2.45, 2.75) is 13.0 Å². The molecule has 0 radical (unpaired) electrons. The van der Waals surface area contributed by atoms with Gasteiger partial charge in [0.2, 0.25) is 13.6 Å². The highest BCUT2D eigenvalue weighted by Gasteiger charge is 2.22. The van der Waals surface area contributed by atoms with Crippen molar-refractivity contribution in [1.82, 2.24) is 0 Å². The van der Waals surface area contributed by atoms with Gasteiger partial charge in [0.25, 0.3) is 5.91 Å². The SMILES string of the molecule is C[C@H](OC(=O)c1ccc2c(c1)OCO2)C(=O)Nc1ccc2c(c1)OCO2. The summed E-state index contributed by atoms with van der Waals surface area (Å²) in [5, 5.41) is 2.67. The van der Waals surface area contributed by atoms with E-state index in [9.17, 15) is 9.59 Å². The highest BCUT2D eigenvalue weighted by molar-refractivity contribution is 5.97. The minimum Gasteiger partial charge on any atom is -0.454 e. The molecule has 8 heteroatoms. The van der Waals surface area contributed by atoms with Crippen molar-refractivity contribution >= 4 is 17.6 Å². The Kier molecular flexibility index (Phi) is 4.00. The number of carbonyl (C=O) groups excluding carboxylic acids is 2. The third-order valence-corrected chi connectivity index (χ3v) is 3.90. The summed E-state index contributed by atoms with van der Waals surface area (Å²) in [6.07, 6.45) is -0.988. The van der Waals surface area contributed by atoms with Gasteiger partial charge in [-0.1, -0.05) is 0 Å². The lowest BCUT2D eigenvalue weighted by Gasteiger charge is -2.14. The van der Waals surface area contributed by atoms with Crippen LogP contribution in [0.1, 0.15) is 17.3 Å². The standard InChI is InChI=1S/C18H15NO7/c1-10(17(20)19-12-3-5-14-16(7-12)25-9-23-14)26-18(21)11-2-4-13-15(6-11)24-8-22-13/h2-7,10H,8-9H2,1H3,(H,19,20)/t10-/m0/s1. The molecule has 1 atom stereocenters. The van der Waals surface area contributed by atoms with E-state index in [1.807, 2.05) is 0 Å². The van der Waals surface area contributed by atoms with Crippen LogP contribution >= 0.6 is 0 Å². The van der Waals surface area contributed by atoms with Crippen LogP contribution in [0.15, 0.2) is 36.4 Å². The number of esters is 1. The molecule has 0 unspecified atom stereocenters. The molecule has 0 spiro atoms. The van der Waals surface area contributed by atoms with Crippen LogP contribution in [0.4, 0.5) is 5.69 Å². The molecule has 0 bridgehead atoms. The molecule has 8 nitrogen and oxygen atoms in total. The molecule has 0 fully saturated rings. The van der Waals surface area contributed by atoms with Crippen LogP contribution in [-0.2, 0) is 9.53 Å². The number of ether oxygens (including phenoxy) is 5. The third kappa shape index (κ3) is 3.08. The molecule has 26 heavy (non-hydrogen) atoms. The molecule has 0 saturated heterocycles. The maximum absolute atomic E-state index is 12.3. The van der Waals surface area contributed by atoms with E-state index in [2.05, 4.69) is 5.32 Å². The highest BCUT2D eigenvalue weighted by Crippen LogP contribution is 2.34. The van der Waals surface area contributed by atoms with E-state index < -0.39 is 18.0 Å². The topological polar surface area (TPSA) is 92.3 Å². The summed E-state index contributed by atoms with van der Waals surface area (Å²) < 4.78 is 26.1. The maximum atomic E-state index is 12.3. The van der Waals surface area contributed by atoms with Crippen molar-refractivity contribution in [3.8, 4) is 23.0 Å². The number of rotatable bonds is 4. The number of anilines is 1. The van der Waals surface area contributed by atoms with E-state index >= 15 is 0 Å². The van der Waals surface area contributed by atoms with Gasteiger partial charge >= 0.3 is 5.97 Å². The van der Waals surface area contributed by atoms with Crippen LogP contribution in [0.3, 0.4) is 0 Å². The van der Waals surface area contributed by atoms with Gasteiger partial charge in [0.15, 0.2) is 29.1 Å². The lowest BCUT2D eigenvalue weighted by atomic mass is 10.2. The zero-order chi connectivity index (χ0) is 18.1. The van der Waals surface area contributed by atoms with Crippen molar-refractivity contribution < 1.29 is 33.3 Å². The lowest BCUT2D eigenvalue weighted by Crippen LogP contribution is -2.30. The maximum Gasteiger partial charge on any atom is 0.339 e. The molecule has 2 aliphatic heterocycles. The Morgan fingerprint density at radius 3 is 2.27 bits per heavy atom. The van der Waals surface area contributed by atoms with Crippen LogP contribution in [0.25, 0.3) is 0 Å². The molecular formula is C18H15NO7. The number of fused-ring (bicyclic) bond motifs is 2. The summed E-state index contributed by atoms with van der Waals surface area (Å²) in [4.78, 5) is 24.5. The molecule has 4 rings (SSSR count). The Labute approximate surface area is 148 Å². The number of hydrogen-bond donors (Lipinski definition) is 1. The van der Waals surface area contributed by atoms with Gasteiger partial charge in [-0.25, -0.2) is 4.79 Å². The third-order valence-electron chi connectivity index (χ3n) is 3.90. The largest absolute Gasteiger partial charge is 0.454 e. The molecule has 0 aromatic heterocycles. The zero-order valence-corrected chi connectivity index (χ0v) is 13.8. The number of benzene rings is 2. The summed E-state index contributed by atoms with van der Waals surface area (Å²) >= 11 is 0. The predicted molar refractivity (Wildman–Crippen MR) is 88.6 cm³/mol. The second-order valence-corrected chi connectivity index (χ2v) is 5.67.